The Balaban J connectivity index is 1.65. The summed E-state index contributed by atoms with van der Waals surface area (Å²) in [5.74, 6) is -0.123. The number of nitrogens with zero attached hydrogens (tertiary/aromatic N) is 5. The highest BCUT2D eigenvalue weighted by Gasteiger charge is 2.29. The molecule has 1 amide bonds. The maximum atomic E-state index is 12.9. The number of Topliss-reactive ketones (excluding diaryl/α,β-unsaturated/α-hetero) is 1. The van der Waals surface area contributed by atoms with Crippen molar-refractivity contribution >= 4 is 11.7 Å². The van der Waals surface area contributed by atoms with Crippen LogP contribution in [0.25, 0.3) is 0 Å². The molecule has 1 saturated heterocycles. The Morgan fingerprint density at radius 1 is 1.19 bits per heavy atom. The Hall–Kier alpha value is -2.57. The van der Waals surface area contributed by atoms with Gasteiger partial charge in [-0.15, -0.1) is 10.2 Å². The van der Waals surface area contributed by atoms with Crippen LogP contribution in [0.3, 0.4) is 0 Å². The molecule has 0 N–H and O–H groups in total. The highest BCUT2D eigenvalue weighted by Crippen LogP contribution is 2.25. The van der Waals surface area contributed by atoms with Gasteiger partial charge in [-0.25, -0.2) is 0 Å². The van der Waals surface area contributed by atoms with Crippen molar-refractivity contribution in [3.8, 4) is 0 Å². The second kappa shape index (κ2) is 7.35. The van der Waals surface area contributed by atoms with Crippen LogP contribution in [0.15, 0.2) is 30.6 Å². The number of tetrazole rings is 1. The zero-order valence-corrected chi connectivity index (χ0v) is 15.6. The first-order chi connectivity index (χ1) is 12.3. The molecule has 0 aliphatic carbocycles. The molecular formula is C19H25N5O2. The molecule has 1 aromatic heterocycles. The summed E-state index contributed by atoms with van der Waals surface area (Å²) >= 11 is 0. The zero-order valence-electron chi connectivity index (χ0n) is 15.6. The molecule has 0 unspecified atom stereocenters. The number of carbonyl (C=O) groups is 2. The van der Waals surface area contributed by atoms with E-state index in [1.807, 2.05) is 24.3 Å². The topological polar surface area (TPSA) is 81.0 Å². The Morgan fingerprint density at radius 2 is 1.92 bits per heavy atom. The van der Waals surface area contributed by atoms with Gasteiger partial charge in [0, 0.05) is 24.6 Å². The highest BCUT2D eigenvalue weighted by molar-refractivity contribution is 5.98. The summed E-state index contributed by atoms with van der Waals surface area (Å²) < 4.78 is 0. The first-order valence-corrected chi connectivity index (χ1v) is 8.98. The highest BCUT2D eigenvalue weighted by atomic mass is 16.2. The molecule has 0 saturated carbocycles. The molecule has 1 aromatic carbocycles. The number of rotatable bonds is 4. The number of benzene rings is 1. The molecule has 2 heterocycles. The van der Waals surface area contributed by atoms with Crippen molar-refractivity contribution in [3.05, 3.63) is 41.7 Å². The molecular weight excluding hydrogens is 330 g/mol. The van der Waals surface area contributed by atoms with Gasteiger partial charge in [-0.1, -0.05) is 45.0 Å². The van der Waals surface area contributed by atoms with Crippen molar-refractivity contribution in [1.29, 1.82) is 0 Å². The fourth-order valence-electron chi connectivity index (χ4n) is 3.27. The van der Waals surface area contributed by atoms with Gasteiger partial charge in [-0.3, -0.25) is 9.59 Å². The molecule has 0 spiro atoms. The van der Waals surface area contributed by atoms with Crippen LogP contribution in [0.4, 0.5) is 0 Å². The SMILES string of the molecule is CC(C)(C)c1ccc(C(=O)[C@H]2CCCN(C(=O)Cn3ncnn3)C2)cc1. The lowest BCUT2D eigenvalue weighted by Gasteiger charge is -2.32. The lowest BCUT2D eigenvalue weighted by atomic mass is 9.85. The number of ketones is 1. The molecule has 0 radical (unpaired) electrons. The summed E-state index contributed by atoms with van der Waals surface area (Å²) in [5.41, 5.74) is 1.98. The third-order valence-corrected chi connectivity index (χ3v) is 4.85. The largest absolute Gasteiger partial charge is 0.340 e. The average Bonchev–Trinajstić information content (AvgIpc) is 3.13. The van der Waals surface area contributed by atoms with Crippen LogP contribution in [0.5, 0.6) is 0 Å². The Morgan fingerprint density at radius 3 is 2.54 bits per heavy atom. The summed E-state index contributed by atoms with van der Waals surface area (Å²) in [6, 6.07) is 7.86. The lowest BCUT2D eigenvalue weighted by molar-refractivity contribution is -0.133. The Bertz CT molecular complexity index is 762. The van der Waals surface area contributed by atoms with E-state index in [0.717, 1.165) is 18.4 Å². The number of aromatic nitrogens is 4. The maximum Gasteiger partial charge on any atom is 0.246 e. The molecule has 7 heteroatoms. The van der Waals surface area contributed by atoms with E-state index in [9.17, 15) is 9.59 Å². The van der Waals surface area contributed by atoms with E-state index >= 15 is 0 Å². The van der Waals surface area contributed by atoms with Gasteiger partial charge in [0.05, 0.1) is 0 Å². The average molecular weight is 355 g/mol. The van der Waals surface area contributed by atoms with Crippen LogP contribution in [-0.4, -0.2) is 49.9 Å². The lowest BCUT2D eigenvalue weighted by Crippen LogP contribution is -2.44. The maximum absolute atomic E-state index is 12.9. The van der Waals surface area contributed by atoms with E-state index in [1.165, 1.54) is 16.7 Å². The number of hydrogen-bond acceptors (Lipinski definition) is 5. The van der Waals surface area contributed by atoms with Crippen molar-refractivity contribution in [1.82, 2.24) is 25.1 Å². The predicted octanol–water partition coefficient (Wildman–Crippen LogP) is 2.09. The van der Waals surface area contributed by atoms with E-state index in [0.29, 0.717) is 13.1 Å². The summed E-state index contributed by atoms with van der Waals surface area (Å²) in [7, 11) is 0. The third kappa shape index (κ3) is 4.15. The molecule has 0 bridgehead atoms. The van der Waals surface area contributed by atoms with Gasteiger partial charge in [0.1, 0.15) is 6.54 Å². The van der Waals surface area contributed by atoms with Crippen molar-refractivity contribution < 1.29 is 9.59 Å². The number of hydrogen-bond donors (Lipinski definition) is 0. The van der Waals surface area contributed by atoms with Gasteiger partial charge in [0.25, 0.3) is 0 Å². The van der Waals surface area contributed by atoms with E-state index in [2.05, 4.69) is 36.2 Å². The second-order valence-corrected chi connectivity index (χ2v) is 7.84. The second-order valence-electron chi connectivity index (χ2n) is 7.84. The molecule has 7 nitrogen and oxygen atoms in total. The van der Waals surface area contributed by atoms with Crippen LogP contribution in [-0.2, 0) is 16.8 Å². The third-order valence-electron chi connectivity index (χ3n) is 4.85. The van der Waals surface area contributed by atoms with E-state index in [4.69, 9.17) is 0 Å². The molecule has 1 aliphatic heterocycles. The van der Waals surface area contributed by atoms with Gasteiger partial charge < -0.3 is 4.90 Å². The van der Waals surface area contributed by atoms with Crippen LogP contribution in [0.2, 0.25) is 0 Å². The molecule has 26 heavy (non-hydrogen) atoms. The standard InChI is InChI=1S/C19H25N5O2/c1-19(2,3)16-8-6-14(7-9-16)18(26)15-5-4-10-23(11-15)17(25)12-24-21-13-20-22-24/h6-9,13,15H,4-5,10-12H2,1-3H3/t15-/m0/s1. The fourth-order valence-corrected chi connectivity index (χ4v) is 3.27. The normalized spacial score (nSPS) is 18.0. The first-order valence-electron chi connectivity index (χ1n) is 8.98. The van der Waals surface area contributed by atoms with E-state index in [-0.39, 0.29) is 29.6 Å². The van der Waals surface area contributed by atoms with Gasteiger partial charge >= 0.3 is 0 Å². The van der Waals surface area contributed by atoms with Gasteiger partial charge in [-0.05, 0) is 29.0 Å². The summed E-state index contributed by atoms with van der Waals surface area (Å²) in [5, 5.41) is 11.2. The van der Waals surface area contributed by atoms with Crippen molar-refractivity contribution in [2.75, 3.05) is 13.1 Å². The van der Waals surface area contributed by atoms with Crippen molar-refractivity contribution in [2.24, 2.45) is 5.92 Å². The smallest absolute Gasteiger partial charge is 0.246 e. The Kier molecular flexibility index (Phi) is 5.15. The zero-order chi connectivity index (χ0) is 18.7. The molecule has 3 rings (SSSR count). The minimum absolute atomic E-state index is 0.0567. The van der Waals surface area contributed by atoms with Gasteiger partial charge in [0.2, 0.25) is 5.91 Å². The van der Waals surface area contributed by atoms with E-state index in [1.54, 1.807) is 4.90 Å². The van der Waals surface area contributed by atoms with Crippen molar-refractivity contribution in [3.63, 3.8) is 0 Å². The molecule has 1 fully saturated rings. The van der Waals surface area contributed by atoms with Gasteiger partial charge in [0.15, 0.2) is 12.1 Å². The number of likely N-dealkylation sites (tertiary alicyclic amines) is 1. The van der Waals surface area contributed by atoms with Crippen LogP contribution < -0.4 is 0 Å². The summed E-state index contributed by atoms with van der Waals surface area (Å²) in [6.45, 7) is 7.63. The van der Waals surface area contributed by atoms with E-state index < -0.39 is 0 Å². The fraction of sp³-hybridized carbons (Fsp3) is 0.526. The molecule has 2 aromatic rings. The number of piperidine rings is 1. The quantitative estimate of drug-likeness (QED) is 0.785. The van der Waals surface area contributed by atoms with Crippen LogP contribution in [0.1, 0.15) is 49.5 Å². The van der Waals surface area contributed by atoms with Gasteiger partial charge in [-0.2, -0.15) is 4.80 Å². The minimum atomic E-state index is -0.156. The monoisotopic (exact) mass is 355 g/mol. The summed E-state index contributed by atoms with van der Waals surface area (Å²) in [4.78, 5) is 28.3. The summed E-state index contributed by atoms with van der Waals surface area (Å²) in [6.07, 6.45) is 2.94. The molecule has 1 atom stereocenters. The van der Waals surface area contributed by atoms with Crippen LogP contribution >= 0.6 is 0 Å². The molecule has 138 valence electrons. The molecule has 1 aliphatic rings. The van der Waals surface area contributed by atoms with Crippen molar-refractivity contribution in [2.45, 2.75) is 45.6 Å². The minimum Gasteiger partial charge on any atom is -0.340 e. The number of amides is 1. The number of carbonyl (C=O) groups excluding carboxylic acids is 2. The first kappa shape index (κ1) is 18.2. The Labute approximate surface area is 153 Å². The predicted molar refractivity (Wildman–Crippen MR) is 96.6 cm³/mol. The van der Waals surface area contributed by atoms with Crippen LogP contribution in [0, 0.1) is 5.92 Å².